The van der Waals surface area contributed by atoms with E-state index in [2.05, 4.69) is 44.6 Å². The summed E-state index contributed by atoms with van der Waals surface area (Å²) in [7, 11) is 0. The Morgan fingerprint density at radius 3 is 2.75 bits per heavy atom. The number of aromatic nitrogens is 3. The van der Waals surface area contributed by atoms with Gasteiger partial charge in [0.1, 0.15) is 5.69 Å². The number of nitrogens with one attached hydrogen (secondary N) is 1. The highest BCUT2D eigenvalue weighted by molar-refractivity contribution is 7.17. The molecule has 4 aromatic rings. The third-order valence-corrected chi connectivity index (χ3v) is 7.18. The van der Waals surface area contributed by atoms with Gasteiger partial charge in [0.25, 0.3) is 5.91 Å². The molecule has 1 aromatic carbocycles. The van der Waals surface area contributed by atoms with Gasteiger partial charge in [0.2, 0.25) is 0 Å². The molecule has 0 saturated carbocycles. The lowest BCUT2D eigenvalue weighted by atomic mass is 10.0. The number of likely N-dealkylation sites (tertiary alicyclic amines) is 1. The van der Waals surface area contributed by atoms with E-state index in [-0.39, 0.29) is 11.9 Å². The molecule has 2 fully saturated rings. The summed E-state index contributed by atoms with van der Waals surface area (Å²) in [4.78, 5) is 19.9. The number of thiophene rings is 1. The molecule has 0 aliphatic carbocycles. The van der Waals surface area contributed by atoms with E-state index in [1.807, 2.05) is 34.5 Å². The largest absolute Gasteiger partial charge is 0.378 e. The smallest absolute Gasteiger partial charge is 0.270 e. The fourth-order valence-corrected chi connectivity index (χ4v) is 5.12. The average Bonchev–Trinajstić information content (AvgIpc) is 3.43. The second kappa shape index (κ2) is 8.12. The molecule has 2 aliphatic rings. The molecule has 32 heavy (non-hydrogen) atoms. The van der Waals surface area contributed by atoms with Crippen molar-refractivity contribution in [3.8, 4) is 5.69 Å². The molecule has 2 saturated heterocycles. The molecule has 1 N–H and O–H groups in total. The first-order valence-corrected chi connectivity index (χ1v) is 11.7. The van der Waals surface area contributed by atoms with Crippen molar-refractivity contribution in [3.05, 3.63) is 77.1 Å². The first-order chi connectivity index (χ1) is 15.7. The monoisotopic (exact) mass is 445 g/mol. The standard InChI is InChI=1S/C24H23N5O2S/c30-24(26-18-12-28(13-18)20-14-31-15-20)22-11-17(23-21(27-22)6-9-32-23)10-16-2-4-19(5-3-16)29-8-1-7-25-29/h1-9,11,18,20H,10,12-15H2,(H,26,30). The van der Waals surface area contributed by atoms with E-state index in [0.29, 0.717) is 11.7 Å². The fraction of sp³-hybridized carbons (Fsp3) is 0.292. The van der Waals surface area contributed by atoms with Crippen molar-refractivity contribution >= 4 is 27.5 Å². The van der Waals surface area contributed by atoms with Crippen molar-refractivity contribution < 1.29 is 9.53 Å². The molecule has 0 bridgehead atoms. The summed E-state index contributed by atoms with van der Waals surface area (Å²) in [5.41, 5.74) is 4.71. The van der Waals surface area contributed by atoms with Crippen LogP contribution in [0, 0.1) is 0 Å². The van der Waals surface area contributed by atoms with E-state index in [9.17, 15) is 4.79 Å². The first-order valence-electron chi connectivity index (χ1n) is 10.8. The molecule has 5 heterocycles. The number of amides is 1. The van der Waals surface area contributed by atoms with Crippen LogP contribution >= 0.6 is 11.3 Å². The average molecular weight is 446 g/mol. The molecule has 162 valence electrons. The Labute approximate surface area is 189 Å². The predicted octanol–water partition coefficient (Wildman–Crippen LogP) is 2.89. The Morgan fingerprint density at radius 1 is 1.19 bits per heavy atom. The maximum absolute atomic E-state index is 12.9. The molecule has 8 heteroatoms. The van der Waals surface area contributed by atoms with Gasteiger partial charge in [-0.25, -0.2) is 9.67 Å². The molecule has 7 nitrogen and oxygen atoms in total. The molecule has 0 spiro atoms. The summed E-state index contributed by atoms with van der Waals surface area (Å²) in [5.74, 6) is -0.0945. The van der Waals surface area contributed by atoms with E-state index < -0.39 is 0 Å². The number of benzene rings is 1. The minimum Gasteiger partial charge on any atom is -0.378 e. The molecule has 0 radical (unpaired) electrons. The second-order valence-electron chi connectivity index (χ2n) is 8.41. The zero-order valence-corrected chi connectivity index (χ0v) is 18.3. The van der Waals surface area contributed by atoms with Crippen molar-refractivity contribution in [2.75, 3.05) is 26.3 Å². The Balaban J connectivity index is 1.19. The van der Waals surface area contributed by atoms with Crippen LogP contribution in [0.3, 0.4) is 0 Å². The van der Waals surface area contributed by atoms with Crippen LogP contribution in [-0.2, 0) is 11.2 Å². The molecule has 1 amide bonds. The normalized spacial score (nSPS) is 17.2. The van der Waals surface area contributed by atoms with Crippen molar-refractivity contribution in [1.29, 1.82) is 0 Å². The van der Waals surface area contributed by atoms with Crippen molar-refractivity contribution in [2.24, 2.45) is 0 Å². The Hall–Kier alpha value is -3.07. The third kappa shape index (κ3) is 3.70. The van der Waals surface area contributed by atoms with Gasteiger partial charge in [0, 0.05) is 25.5 Å². The summed E-state index contributed by atoms with van der Waals surface area (Å²) in [5, 5.41) is 9.46. The van der Waals surface area contributed by atoms with Crippen molar-refractivity contribution in [1.82, 2.24) is 25.0 Å². The lowest BCUT2D eigenvalue weighted by Crippen LogP contribution is -2.66. The maximum Gasteiger partial charge on any atom is 0.270 e. The lowest BCUT2D eigenvalue weighted by molar-refractivity contribution is -0.0921. The molecule has 6 rings (SSSR count). The van der Waals surface area contributed by atoms with Crippen LogP contribution < -0.4 is 5.32 Å². The van der Waals surface area contributed by atoms with Gasteiger partial charge in [-0.3, -0.25) is 9.69 Å². The van der Waals surface area contributed by atoms with Crippen LogP contribution in [0.5, 0.6) is 0 Å². The number of carbonyl (C=O) groups is 1. The van der Waals surface area contributed by atoms with Gasteiger partial charge in [-0.15, -0.1) is 11.3 Å². The van der Waals surface area contributed by atoms with E-state index in [1.165, 1.54) is 5.56 Å². The van der Waals surface area contributed by atoms with E-state index in [1.54, 1.807) is 17.5 Å². The molecule has 0 unspecified atom stereocenters. The summed E-state index contributed by atoms with van der Waals surface area (Å²) < 4.78 is 8.24. The topological polar surface area (TPSA) is 72.3 Å². The van der Waals surface area contributed by atoms with Crippen LogP contribution in [0.4, 0.5) is 0 Å². The maximum atomic E-state index is 12.9. The Morgan fingerprint density at radius 2 is 2.03 bits per heavy atom. The number of ether oxygens (including phenoxy) is 1. The second-order valence-corrected chi connectivity index (χ2v) is 9.33. The number of carbonyl (C=O) groups excluding carboxylic acids is 1. The van der Waals surface area contributed by atoms with Crippen LogP contribution in [0.15, 0.2) is 60.2 Å². The minimum atomic E-state index is -0.0945. The molecule has 3 aromatic heterocycles. The van der Waals surface area contributed by atoms with Gasteiger partial charge < -0.3 is 10.1 Å². The van der Waals surface area contributed by atoms with E-state index in [0.717, 1.165) is 54.2 Å². The number of hydrogen-bond donors (Lipinski definition) is 1. The molecule has 2 aliphatic heterocycles. The van der Waals surface area contributed by atoms with Crippen LogP contribution in [0.2, 0.25) is 0 Å². The van der Waals surface area contributed by atoms with E-state index in [4.69, 9.17) is 4.74 Å². The van der Waals surface area contributed by atoms with Gasteiger partial charge in [-0.2, -0.15) is 5.10 Å². The van der Waals surface area contributed by atoms with Gasteiger partial charge in [0.15, 0.2) is 0 Å². The number of hydrogen-bond acceptors (Lipinski definition) is 6. The summed E-state index contributed by atoms with van der Waals surface area (Å²) in [6.07, 6.45) is 4.45. The van der Waals surface area contributed by atoms with Crippen molar-refractivity contribution in [2.45, 2.75) is 18.5 Å². The molecular formula is C24H23N5O2S. The number of nitrogens with zero attached hydrogens (tertiary/aromatic N) is 4. The zero-order valence-electron chi connectivity index (χ0n) is 17.5. The van der Waals surface area contributed by atoms with Crippen LogP contribution in [0.1, 0.15) is 21.6 Å². The van der Waals surface area contributed by atoms with Gasteiger partial charge in [-0.05, 0) is 53.3 Å². The predicted molar refractivity (Wildman–Crippen MR) is 123 cm³/mol. The molecular weight excluding hydrogens is 422 g/mol. The van der Waals surface area contributed by atoms with Gasteiger partial charge in [0.05, 0.1) is 41.2 Å². The highest BCUT2D eigenvalue weighted by Crippen LogP contribution is 2.27. The van der Waals surface area contributed by atoms with E-state index >= 15 is 0 Å². The molecule has 0 atom stereocenters. The Bertz CT molecular complexity index is 1240. The minimum absolute atomic E-state index is 0.0945. The van der Waals surface area contributed by atoms with Crippen molar-refractivity contribution in [3.63, 3.8) is 0 Å². The summed E-state index contributed by atoms with van der Waals surface area (Å²) >= 11 is 1.67. The highest BCUT2D eigenvalue weighted by Gasteiger charge is 2.36. The summed E-state index contributed by atoms with van der Waals surface area (Å²) in [6.45, 7) is 3.39. The van der Waals surface area contributed by atoms with Crippen LogP contribution in [-0.4, -0.2) is 64.0 Å². The highest BCUT2D eigenvalue weighted by atomic mass is 32.1. The Kier molecular flexibility index (Phi) is 4.98. The zero-order chi connectivity index (χ0) is 21.5. The fourth-order valence-electron chi connectivity index (χ4n) is 4.27. The van der Waals surface area contributed by atoms with Gasteiger partial charge >= 0.3 is 0 Å². The lowest BCUT2D eigenvalue weighted by Gasteiger charge is -2.47. The number of fused-ring (bicyclic) bond motifs is 1. The summed E-state index contributed by atoms with van der Waals surface area (Å²) in [6, 6.07) is 14.9. The first kappa shape index (κ1) is 19.6. The SMILES string of the molecule is O=C(NC1CN(C2COC2)C1)c1cc(Cc2ccc(-n3cccn3)cc2)c2sccc2n1. The number of rotatable bonds is 6. The third-order valence-electron chi connectivity index (χ3n) is 6.20. The van der Waals surface area contributed by atoms with Gasteiger partial charge in [-0.1, -0.05) is 12.1 Å². The van der Waals surface area contributed by atoms with Crippen LogP contribution in [0.25, 0.3) is 15.9 Å². The number of pyridine rings is 1. The quantitative estimate of drug-likeness (QED) is 0.494.